The highest BCUT2D eigenvalue weighted by Crippen LogP contribution is 2.22. The Morgan fingerprint density at radius 1 is 0.778 bits per heavy atom. The summed E-state index contributed by atoms with van der Waals surface area (Å²) in [5, 5.41) is 53.7. The van der Waals surface area contributed by atoms with Gasteiger partial charge in [-0.1, -0.05) is 115 Å². The molecule has 0 aromatic carbocycles. The van der Waals surface area contributed by atoms with Crippen molar-refractivity contribution in [3.63, 3.8) is 0 Å². The van der Waals surface area contributed by atoms with Gasteiger partial charge in [0.15, 0.2) is 6.29 Å². The number of hydrogen-bond donors (Lipinski definition) is 6. The molecular weight excluding hydrogens is 574 g/mol. The maximum atomic E-state index is 12.8. The predicted octanol–water partition coefficient (Wildman–Crippen LogP) is 5.38. The largest absolute Gasteiger partial charge is 0.394 e. The fraction of sp³-hybridized carbons (Fsp3) is 0.806. The van der Waals surface area contributed by atoms with Gasteiger partial charge in [0.2, 0.25) is 5.91 Å². The van der Waals surface area contributed by atoms with Gasteiger partial charge in [-0.3, -0.25) is 4.79 Å². The Morgan fingerprint density at radius 2 is 1.38 bits per heavy atom. The smallest absolute Gasteiger partial charge is 0.220 e. The molecule has 1 aliphatic rings. The summed E-state index contributed by atoms with van der Waals surface area (Å²) in [6.07, 6.45) is 23.1. The number of carbonyl (C=O) groups is 1. The highest BCUT2D eigenvalue weighted by molar-refractivity contribution is 5.76. The van der Waals surface area contributed by atoms with E-state index in [1.165, 1.54) is 25.7 Å². The SMILES string of the molecule is CC/C=C\C/C=C\C/C=C\CCCCCCCC(=O)NC(COC1OC(CO)C(O)C(O)C1O)C(O)CCCCCCCCC. The molecule has 0 aromatic rings. The van der Waals surface area contributed by atoms with Gasteiger partial charge in [-0.05, 0) is 44.9 Å². The second-order valence-corrected chi connectivity index (χ2v) is 12.3. The molecule has 0 spiro atoms. The summed E-state index contributed by atoms with van der Waals surface area (Å²) < 4.78 is 11.1. The quantitative estimate of drug-likeness (QED) is 0.0519. The van der Waals surface area contributed by atoms with Gasteiger partial charge in [0.25, 0.3) is 0 Å². The summed E-state index contributed by atoms with van der Waals surface area (Å²) in [4.78, 5) is 12.8. The molecule has 1 aliphatic heterocycles. The Kier molecular flexibility index (Phi) is 25.3. The molecule has 0 saturated carbocycles. The zero-order valence-corrected chi connectivity index (χ0v) is 28.1. The third-order valence-corrected chi connectivity index (χ3v) is 8.26. The Balaban J connectivity index is 2.43. The van der Waals surface area contributed by atoms with Crippen LogP contribution in [-0.2, 0) is 14.3 Å². The summed E-state index contributed by atoms with van der Waals surface area (Å²) in [7, 11) is 0. The second-order valence-electron chi connectivity index (χ2n) is 12.3. The first-order chi connectivity index (χ1) is 21.8. The van der Waals surface area contributed by atoms with Gasteiger partial charge in [-0.15, -0.1) is 0 Å². The molecule has 1 amide bonds. The number of hydrogen-bond acceptors (Lipinski definition) is 8. The summed E-state index contributed by atoms with van der Waals surface area (Å²) in [6, 6.07) is -0.723. The zero-order chi connectivity index (χ0) is 33.1. The zero-order valence-electron chi connectivity index (χ0n) is 28.1. The highest BCUT2D eigenvalue weighted by Gasteiger charge is 2.44. The fourth-order valence-electron chi connectivity index (χ4n) is 5.35. The summed E-state index contributed by atoms with van der Waals surface area (Å²) >= 11 is 0. The molecule has 7 atom stereocenters. The van der Waals surface area contributed by atoms with E-state index in [1.54, 1.807) is 0 Å². The lowest BCUT2D eigenvalue weighted by Gasteiger charge is -2.40. The van der Waals surface area contributed by atoms with Crippen LogP contribution in [0.5, 0.6) is 0 Å². The van der Waals surface area contributed by atoms with Crippen molar-refractivity contribution >= 4 is 5.91 Å². The summed E-state index contributed by atoms with van der Waals surface area (Å²) in [5.41, 5.74) is 0. The minimum Gasteiger partial charge on any atom is -0.394 e. The van der Waals surface area contributed by atoms with Gasteiger partial charge in [0.05, 0.1) is 25.4 Å². The molecule has 1 saturated heterocycles. The van der Waals surface area contributed by atoms with E-state index in [0.29, 0.717) is 12.8 Å². The maximum absolute atomic E-state index is 12.8. The standard InChI is InChI=1S/C36H65NO8/c1-3-5-7-9-11-12-13-14-15-16-17-18-20-22-24-26-32(40)37-29(30(39)25-23-21-19-10-8-6-4-2)28-44-36-35(43)34(42)33(41)31(27-38)45-36/h5,7,11-12,14-15,29-31,33-36,38-39,41-43H,3-4,6,8-10,13,16-28H2,1-2H3,(H,37,40)/b7-5-,12-11-,15-14-. The lowest BCUT2D eigenvalue weighted by Crippen LogP contribution is -2.60. The van der Waals surface area contributed by atoms with E-state index in [4.69, 9.17) is 9.47 Å². The van der Waals surface area contributed by atoms with Crippen LogP contribution in [0.4, 0.5) is 0 Å². The number of rotatable bonds is 27. The Morgan fingerprint density at radius 3 is 2.04 bits per heavy atom. The van der Waals surface area contributed by atoms with Crippen LogP contribution in [0, 0.1) is 0 Å². The number of allylic oxidation sites excluding steroid dienone is 6. The number of carbonyl (C=O) groups excluding carboxylic acids is 1. The Bertz CT molecular complexity index is 802. The van der Waals surface area contributed by atoms with Gasteiger partial charge in [-0.2, -0.15) is 0 Å². The second kappa shape index (κ2) is 27.5. The first-order valence-electron chi connectivity index (χ1n) is 17.7. The predicted molar refractivity (Wildman–Crippen MR) is 180 cm³/mol. The minimum atomic E-state index is -1.55. The third-order valence-electron chi connectivity index (χ3n) is 8.26. The van der Waals surface area contributed by atoms with Gasteiger partial charge < -0.3 is 40.3 Å². The average molecular weight is 640 g/mol. The number of unbranched alkanes of at least 4 members (excludes halogenated alkanes) is 11. The van der Waals surface area contributed by atoms with E-state index in [9.17, 15) is 30.3 Å². The van der Waals surface area contributed by atoms with Gasteiger partial charge >= 0.3 is 0 Å². The number of ether oxygens (including phenoxy) is 2. The Hall–Kier alpha value is -1.59. The normalized spacial score (nSPS) is 23.8. The van der Waals surface area contributed by atoms with Gasteiger partial charge in [0.1, 0.15) is 24.4 Å². The van der Waals surface area contributed by atoms with Crippen LogP contribution in [0.15, 0.2) is 36.5 Å². The summed E-state index contributed by atoms with van der Waals surface area (Å²) in [5.74, 6) is -0.169. The van der Waals surface area contributed by atoms with Crippen molar-refractivity contribution in [3.05, 3.63) is 36.5 Å². The molecule has 262 valence electrons. The lowest BCUT2D eigenvalue weighted by atomic mass is 9.99. The van der Waals surface area contributed by atoms with Crippen molar-refractivity contribution in [2.24, 2.45) is 0 Å². The van der Waals surface area contributed by atoms with E-state index in [2.05, 4.69) is 55.6 Å². The van der Waals surface area contributed by atoms with Crippen molar-refractivity contribution in [2.75, 3.05) is 13.2 Å². The Labute approximate surface area is 272 Å². The van der Waals surface area contributed by atoms with Crippen molar-refractivity contribution in [3.8, 4) is 0 Å². The molecule has 0 radical (unpaired) electrons. The molecule has 1 rings (SSSR count). The van der Waals surface area contributed by atoms with Crippen LogP contribution in [-0.4, -0.2) is 87.5 Å². The molecule has 0 aromatic heterocycles. The van der Waals surface area contributed by atoms with Crippen molar-refractivity contribution in [2.45, 2.75) is 172 Å². The van der Waals surface area contributed by atoms with E-state index >= 15 is 0 Å². The van der Waals surface area contributed by atoms with Crippen LogP contribution in [0.1, 0.15) is 129 Å². The summed E-state index contributed by atoms with van der Waals surface area (Å²) in [6.45, 7) is 3.62. The number of aliphatic hydroxyl groups excluding tert-OH is 5. The molecule has 0 bridgehead atoms. The fourth-order valence-corrected chi connectivity index (χ4v) is 5.35. The molecule has 6 N–H and O–H groups in total. The van der Waals surface area contributed by atoms with Crippen LogP contribution < -0.4 is 5.32 Å². The highest BCUT2D eigenvalue weighted by atomic mass is 16.7. The van der Waals surface area contributed by atoms with Crippen molar-refractivity contribution in [1.29, 1.82) is 0 Å². The van der Waals surface area contributed by atoms with Crippen LogP contribution in [0.25, 0.3) is 0 Å². The molecule has 1 fully saturated rings. The number of aliphatic hydroxyl groups is 5. The van der Waals surface area contributed by atoms with Crippen LogP contribution in [0.3, 0.4) is 0 Å². The third kappa shape index (κ3) is 19.6. The average Bonchev–Trinajstić information content (AvgIpc) is 3.04. The van der Waals surface area contributed by atoms with Crippen LogP contribution >= 0.6 is 0 Å². The molecular formula is C36H65NO8. The first kappa shape index (κ1) is 41.4. The van der Waals surface area contributed by atoms with E-state index in [0.717, 1.165) is 77.0 Å². The monoisotopic (exact) mass is 639 g/mol. The van der Waals surface area contributed by atoms with Gasteiger partial charge in [0, 0.05) is 6.42 Å². The van der Waals surface area contributed by atoms with Crippen LogP contribution in [0.2, 0.25) is 0 Å². The minimum absolute atomic E-state index is 0.148. The van der Waals surface area contributed by atoms with E-state index in [-0.39, 0.29) is 12.5 Å². The molecule has 45 heavy (non-hydrogen) atoms. The molecule has 0 aliphatic carbocycles. The first-order valence-corrected chi connectivity index (χ1v) is 17.7. The van der Waals surface area contributed by atoms with E-state index < -0.39 is 49.5 Å². The number of nitrogens with one attached hydrogen (secondary N) is 1. The molecule has 7 unspecified atom stereocenters. The van der Waals surface area contributed by atoms with Crippen molar-refractivity contribution < 1.29 is 39.8 Å². The maximum Gasteiger partial charge on any atom is 0.220 e. The van der Waals surface area contributed by atoms with E-state index in [1.807, 2.05) is 0 Å². The van der Waals surface area contributed by atoms with Crippen molar-refractivity contribution in [1.82, 2.24) is 5.32 Å². The molecule has 9 nitrogen and oxygen atoms in total. The topological polar surface area (TPSA) is 149 Å². The lowest BCUT2D eigenvalue weighted by molar-refractivity contribution is -0.302. The molecule has 1 heterocycles. The van der Waals surface area contributed by atoms with Gasteiger partial charge in [-0.25, -0.2) is 0 Å². The number of amides is 1. The molecule has 9 heteroatoms.